The van der Waals surface area contributed by atoms with Gasteiger partial charge in [0.2, 0.25) is 5.95 Å². The molecule has 9 nitrogen and oxygen atoms in total. The summed E-state index contributed by atoms with van der Waals surface area (Å²) in [5, 5.41) is 9.31. The van der Waals surface area contributed by atoms with E-state index in [1.807, 2.05) is 30.3 Å². The van der Waals surface area contributed by atoms with E-state index >= 15 is 0 Å². The Hall–Kier alpha value is -2.78. The molecule has 0 amide bonds. The third kappa shape index (κ3) is 5.09. The number of hydrogen-bond donors (Lipinski definition) is 1. The predicted molar refractivity (Wildman–Crippen MR) is 132 cm³/mol. The molecule has 9 heteroatoms. The van der Waals surface area contributed by atoms with Gasteiger partial charge in [-0.05, 0) is 57.0 Å². The molecule has 0 unspecified atom stereocenters. The van der Waals surface area contributed by atoms with Crippen molar-refractivity contribution in [1.82, 2.24) is 34.9 Å². The highest BCUT2D eigenvalue weighted by molar-refractivity contribution is 5.88. The van der Waals surface area contributed by atoms with Crippen molar-refractivity contribution in [1.29, 1.82) is 0 Å². The van der Waals surface area contributed by atoms with Crippen molar-refractivity contribution in [3.63, 3.8) is 0 Å². The maximum absolute atomic E-state index is 5.06. The third-order valence-corrected chi connectivity index (χ3v) is 6.97. The number of nitrogens with zero attached hydrogens (tertiary/aromatic N) is 8. The second kappa shape index (κ2) is 10.0. The number of aryl methyl sites for hydroxylation is 2. The van der Waals surface area contributed by atoms with Gasteiger partial charge in [-0.3, -0.25) is 9.67 Å². The summed E-state index contributed by atoms with van der Waals surface area (Å²) in [5.74, 6) is 1.88. The molecule has 2 fully saturated rings. The van der Waals surface area contributed by atoms with Crippen LogP contribution in [0.5, 0.6) is 0 Å². The molecule has 5 rings (SSSR count). The van der Waals surface area contributed by atoms with Gasteiger partial charge in [0, 0.05) is 64.8 Å². The number of aromatic nitrogens is 5. The predicted octanol–water partition coefficient (Wildman–Crippen LogP) is 1.70. The van der Waals surface area contributed by atoms with Crippen LogP contribution in [0.4, 0.5) is 11.8 Å². The highest BCUT2D eigenvalue weighted by atomic mass is 15.4. The molecule has 0 radical (unpaired) electrons. The number of nitrogens with one attached hydrogen (secondary N) is 1. The van der Waals surface area contributed by atoms with Crippen LogP contribution in [0.3, 0.4) is 0 Å². The molecule has 2 saturated heterocycles. The standard InChI is InChI=1S/C24H35N9/c1-30-14-16-33(17-15-30)24-28-22-21(18-27-31(22)2)23(29-24)32-12-7-20(8-13-32)26-9-3-4-19-5-10-25-11-6-19/h5-6,10-11,18,20,26H,3-4,7-9,12-17H2,1-2H3. The Labute approximate surface area is 195 Å². The minimum Gasteiger partial charge on any atom is -0.356 e. The average Bonchev–Trinajstić information content (AvgIpc) is 3.23. The van der Waals surface area contributed by atoms with Crippen molar-refractivity contribution in [2.24, 2.45) is 7.05 Å². The zero-order chi connectivity index (χ0) is 22.6. The molecule has 1 N–H and O–H groups in total. The lowest BCUT2D eigenvalue weighted by atomic mass is 10.0. The van der Waals surface area contributed by atoms with Crippen LogP contribution in [0.2, 0.25) is 0 Å². The lowest BCUT2D eigenvalue weighted by Gasteiger charge is -2.35. The number of fused-ring (bicyclic) bond motifs is 1. The molecule has 0 saturated carbocycles. The van der Waals surface area contributed by atoms with Crippen molar-refractivity contribution in [2.45, 2.75) is 31.7 Å². The SMILES string of the molecule is CN1CCN(c2nc(N3CCC(NCCCc4ccncc4)CC3)c3cnn(C)c3n2)CC1. The fourth-order valence-electron chi connectivity index (χ4n) is 4.83. The third-order valence-electron chi connectivity index (χ3n) is 6.97. The quantitative estimate of drug-likeness (QED) is 0.546. The Morgan fingerprint density at radius 1 is 0.939 bits per heavy atom. The fourth-order valence-corrected chi connectivity index (χ4v) is 4.83. The van der Waals surface area contributed by atoms with Gasteiger partial charge < -0.3 is 20.0 Å². The van der Waals surface area contributed by atoms with E-state index in [9.17, 15) is 0 Å². The minimum absolute atomic E-state index is 0.571. The van der Waals surface area contributed by atoms with Crippen molar-refractivity contribution < 1.29 is 0 Å². The van der Waals surface area contributed by atoms with E-state index in [2.05, 4.69) is 49.3 Å². The van der Waals surface area contributed by atoms with Gasteiger partial charge >= 0.3 is 0 Å². The Kier molecular flexibility index (Phi) is 6.68. The second-order valence-electron chi connectivity index (χ2n) is 9.32. The van der Waals surface area contributed by atoms with Crippen molar-refractivity contribution in [2.75, 3.05) is 62.7 Å². The molecule has 0 aliphatic carbocycles. The van der Waals surface area contributed by atoms with Crippen molar-refractivity contribution >= 4 is 22.8 Å². The van der Waals surface area contributed by atoms with Crippen molar-refractivity contribution in [3.8, 4) is 0 Å². The molecule has 3 aromatic heterocycles. The monoisotopic (exact) mass is 449 g/mol. The lowest BCUT2D eigenvalue weighted by molar-refractivity contribution is 0.311. The molecule has 2 aliphatic rings. The number of hydrogen-bond acceptors (Lipinski definition) is 8. The maximum atomic E-state index is 5.06. The van der Waals surface area contributed by atoms with Gasteiger partial charge in [-0.2, -0.15) is 15.1 Å². The Bertz CT molecular complexity index is 1030. The number of piperidine rings is 1. The molecule has 2 aliphatic heterocycles. The number of rotatable bonds is 7. The van der Waals surface area contributed by atoms with Gasteiger partial charge in [-0.1, -0.05) is 0 Å². The van der Waals surface area contributed by atoms with E-state index in [1.54, 1.807) is 0 Å². The molecule has 176 valence electrons. The first kappa shape index (κ1) is 22.0. The van der Waals surface area contributed by atoms with Crippen LogP contribution in [0, 0.1) is 0 Å². The molecule has 0 spiro atoms. The van der Waals surface area contributed by atoms with Gasteiger partial charge in [0.25, 0.3) is 0 Å². The normalized spacial score (nSPS) is 18.4. The first-order valence-electron chi connectivity index (χ1n) is 12.2. The van der Waals surface area contributed by atoms with Gasteiger partial charge in [-0.25, -0.2) is 0 Å². The summed E-state index contributed by atoms with van der Waals surface area (Å²) >= 11 is 0. The molecule has 3 aromatic rings. The number of piperazine rings is 1. The van der Waals surface area contributed by atoms with Crippen LogP contribution in [-0.4, -0.2) is 88.5 Å². The first-order chi connectivity index (χ1) is 16.2. The maximum Gasteiger partial charge on any atom is 0.229 e. The van der Waals surface area contributed by atoms with Gasteiger partial charge in [0.05, 0.1) is 11.6 Å². The second-order valence-corrected chi connectivity index (χ2v) is 9.32. The first-order valence-corrected chi connectivity index (χ1v) is 12.2. The zero-order valence-electron chi connectivity index (χ0n) is 19.8. The summed E-state index contributed by atoms with van der Waals surface area (Å²) in [6, 6.07) is 4.79. The lowest BCUT2D eigenvalue weighted by Crippen LogP contribution is -2.46. The number of anilines is 2. The van der Waals surface area contributed by atoms with Crippen LogP contribution < -0.4 is 15.1 Å². The Morgan fingerprint density at radius 3 is 2.45 bits per heavy atom. The highest BCUT2D eigenvalue weighted by Crippen LogP contribution is 2.29. The van der Waals surface area contributed by atoms with E-state index in [4.69, 9.17) is 9.97 Å². The van der Waals surface area contributed by atoms with Crippen LogP contribution >= 0.6 is 0 Å². The van der Waals surface area contributed by atoms with Crippen molar-refractivity contribution in [3.05, 3.63) is 36.3 Å². The van der Waals surface area contributed by atoms with E-state index in [0.29, 0.717) is 6.04 Å². The molecule has 0 bridgehead atoms. The summed E-state index contributed by atoms with van der Waals surface area (Å²) in [6.07, 6.45) is 10.2. The molecule has 33 heavy (non-hydrogen) atoms. The summed E-state index contributed by atoms with van der Waals surface area (Å²) in [5.41, 5.74) is 2.28. The molecular formula is C24H35N9. The summed E-state index contributed by atoms with van der Waals surface area (Å²) in [6.45, 7) is 7.08. The van der Waals surface area contributed by atoms with Crippen LogP contribution in [-0.2, 0) is 13.5 Å². The smallest absolute Gasteiger partial charge is 0.229 e. The van der Waals surface area contributed by atoms with E-state index in [-0.39, 0.29) is 0 Å². The highest BCUT2D eigenvalue weighted by Gasteiger charge is 2.25. The fraction of sp³-hybridized carbons (Fsp3) is 0.583. The van der Waals surface area contributed by atoms with Gasteiger partial charge in [0.1, 0.15) is 5.82 Å². The van der Waals surface area contributed by atoms with E-state index in [0.717, 1.165) is 94.3 Å². The van der Waals surface area contributed by atoms with Crippen LogP contribution in [0.1, 0.15) is 24.8 Å². The summed E-state index contributed by atoms with van der Waals surface area (Å²) < 4.78 is 1.87. The average molecular weight is 450 g/mol. The topological polar surface area (TPSA) is 78.2 Å². The van der Waals surface area contributed by atoms with Gasteiger partial charge in [0.15, 0.2) is 5.65 Å². The number of likely N-dealkylation sites (N-methyl/N-ethyl adjacent to an activating group) is 1. The van der Waals surface area contributed by atoms with E-state index in [1.165, 1.54) is 5.56 Å². The Balaban J connectivity index is 1.21. The van der Waals surface area contributed by atoms with Crippen LogP contribution in [0.25, 0.3) is 11.0 Å². The number of pyridine rings is 1. The van der Waals surface area contributed by atoms with E-state index < -0.39 is 0 Å². The Morgan fingerprint density at radius 2 is 1.70 bits per heavy atom. The minimum atomic E-state index is 0.571. The molecule has 0 aromatic carbocycles. The molecular weight excluding hydrogens is 414 g/mol. The summed E-state index contributed by atoms with van der Waals surface area (Å²) in [7, 11) is 4.14. The van der Waals surface area contributed by atoms with Gasteiger partial charge in [-0.15, -0.1) is 0 Å². The molecule has 0 atom stereocenters. The summed E-state index contributed by atoms with van der Waals surface area (Å²) in [4.78, 5) is 21.1. The molecule has 5 heterocycles. The zero-order valence-corrected chi connectivity index (χ0v) is 19.8. The van der Waals surface area contributed by atoms with Crippen LogP contribution in [0.15, 0.2) is 30.7 Å². The largest absolute Gasteiger partial charge is 0.356 e.